The second kappa shape index (κ2) is 4.15. The fourth-order valence-corrected chi connectivity index (χ4v) is 1.54. The monoisotopic (exact) mass is 212 g/mol. The lowest BCUT2D eigenvalue weighted by atomic mass is 10.3. The van der Waals surface area contributed by atoms with Gasteiger partial charge in [-0.3, -0.25) is 4.98 Å². The summed E-state index contributed by atoms with van der Waals surface area (Å²) in [7, 11) is 1.90. The van der Waals surface area contributed by atoms with E-state index in [4.69, 9.17) is 6.42 Å². The van der Waals surface area contributed by atoms with Crippen LogP contribution in [0, 0.1) is 19.3 Å². The molecule has 0 saturated carbocycles. The van der Waals surface area contributed by atoms with Gasteiger partial charge in [0.2, 0.25) is 0 Å². The highest BCUT2D eigenvalue weighted by molar-refractivity contribution is 5.85. The first-order valence-electron chi connectivity index (χ1n) is 4.96. The third-order valence-corrected chi connectivity index (χ3v) is 2.24. The quantitative estimate of drug-likeness (QED) is 0.706. The van der Waals surface area contributed by atoms with E-state index in [1.54, 1.807) is 6.20 Å². The van der Waals surface area contributed by atoms with Crippen LogP contribution in [0.2, 0.25) is 0 Å². The number of hydrogen-bond donors (Lipinski definition) is 0. The molecule has 0 amide bonds. The molecule has 4 heteroatoms. The fourth-order valence-electron chi connectivity index (χ4n) is 1.54. The van der Waals surface area contributed by atoms with Gasteiger partial charge in [-0.05, 0) is 19.1 Å². The van der Waals surface area contributed by atoms with Crippen molar-refractivity contribution < 1.29 is 0 Å². The van der Waals surface area contributed by atoms with Crippen molar-refractivity contribution in [3.05, 3.63) is 24.2 Å². The molecule has 0 aliphatic heterocycles. The van der Waals surface area contributed by atoms with E-state index in [0.29, 0.717) is 6.54 Å². The predicted molar refractivity (Wildman–Crippen MR) is 64.2 cm³/mol. The molecular formula is C12H12N4. The molecular weight excluding hydrogens is 200 g/mol. The van der Waals surface area contributed by atoms with Crippen molar-refractivity contribution in [1.29, 1.82) is 0 Å². The van der Waals surface area contributed by atoms with Gasteiger partial charge in [-0.1, -0.05) is 5.92 Å². The molecule has 0 bridgehead atoms. The fraction of sp³-hybridized carbons (Fsp3) is 0.250. The van der Waals surface area contributed by atoms with Crippen molar-refractivity contribution in [1.82, 2.24) is 15.0 Å². The lowest BCUT2D eigenvalue weighted by Crippen LogP contribution is -2.19. The van der Waals surface area contributed by atoms with E-state index in [9.17, 15) is 0 Å². The maximum Gasteiger partial charge on any atom is 0.159 e. The molecule has 16 heavy (non-hydrogen) atoms. The zero-order chi connectivity index (χ0) is 11.5. The van der Waals surface area contributed by atoms with Gasteiger partial charge in [0.15, 0.2) is 5.82 Å². The average Bonchev–Trinajstić information content (AvgIpc) is 2.28. The van der Waals surface area contributed by atoms with Crippen LogP contribution in [0.3, 0.4) is 0 Å². The van der Waals surface area contributed by atoms with Gasteiger partial charge in [0.25, 0.3) is 0 Å². The Morgan fingerprint density at radius 2 is 2.25 bits per heavy atom. The number of rotatable bonds is 2. The summed E-state index contributed by atoms with van der Waals surface area (Å²) in [5, 5.41) is 0. The molecule has 2 aromatic heterocycles. The van der Waals surface area contributed by atoms with Gasteiger partial charge in [0, 0.05) is 13.2 Å². The van der Waals surface area contributed by atoms with Crippen LogP contribution in [0.1, 0.15) is 5.82 Å². The lowest BCUT2D eigenvalue weighted by molar-refractivity contribution is 0.972. The maximum absolute atomic E-state index is 5.29. The van der Waals surface area contributed by atoms with E-state index < -0.39 is 0 Å². The Morgan fingerprint density at radius 1 is 1.44 bits per heavy atom. The normalized spacial score (nSPS) is 10.1. The summed E-state index contributed by atoms with van der Waals surface area (Å²) in [6.07, 6.45) is 7.02. The Kier molecular flexibility index (Phi) is 2.69. The Balaban J connectivity index is 2.63. The molecule has 4 nitrogen and oxygen atoms in total. The van der Waals surface area contributed by atoms with Crippen molar-refractivity contribution in [2.24, 2.45) is 0 Å². The van der Waals surface area contributed by atoms with Gasteiger partial charge in [-0.15, -0.1) is 6.42 Å². The van der Waals surface area contributed by atoms with Crippen LogP contribution in [0.5, 0.6) is 0 Å². The number of aromatic nitrogens is 3. The summed E-state index contributed by atoms with van der Waals surface area (Å²) in [4.78, 5) is 14.9. The van der Waals surface area contributed by atoms with Crippen LogP contribution in [-0.2, 0) is 0 Å². The summed E-state index contributed by atoms with van der Waals surface area (Å²) in [6, 6.07) is 3.78. The molecule has 0 fully saturated rings. The summed E-state index contributed by atoms with van der Waals surface area (Å²) in [5.74, 6) is 4.09. The van der Waals surface area contributed by atoms with Crippen molar-refractivity contribution in [2.75, 3.05) is 18.5 Å². The molecule has 0 aromatic carbocycles. The van der Waals surface area contributed by atoms with Gasteiger partial charge in [0.1, 0.15) is 11.3 Å². The highest BCUT2D eigenvalue weighted by Crippen LogP contribution is 2.19. The molecule has 2 rings (SSSR count). The molecule has 0 atom stereocenters. The van der Waals surface area contributed by atoms with Gasteiger partial charge < -0.3 is 4.90 Å². The molecule has 0 aliphatic carbocycles. The van der Waals surface area contributed by atoms with Gasteiger partial charge >= 0.3 is 0 Å². The van der Waals surface area contributed by atoms with Crippen LogP contribution < -0.4 is 4.90 Å². The minimum atomic E-state index is 0.502. The first-order chi connectivity index (χ1) is 7.72. The number of terminal acetylenes is 1. The molecule has 0 aliphatic rings. The number of fused-ring (bicyclic) bond motifs is 1. The first-order valence-corrected chi connectivity index (χ1v) is 4.96. The van der Waals surface area contributed by atoms with E-state index in [1.807, 2.05) is 31.0 Å². The van der Waals surface area contributed by atoms with E-state index in [-0.39, 0.29) is 0 Å². The van der Waals surface area contributed by atoms with Crippen LogP contribution in [-0.4, -0.2) is 28.5 Å². The van der Waals surface area contributed by atoms with Crippen LogP contribution in [0.15, 0.2) is 18.3 Å². The van der Waals surface area contributed by atoms with Crippen LogP contribution in [0.25, 0.3) is 11.0 Å². The Bertz CT molecular complexity index is 556. The van der Waals surface area contributed by atoms with Gasteiger partial charge in [0.05, 0.1) is 12.1 Å². The van der Waals surface area contributed by atoms with E-state index in [2.05, 4.69) is 20.9 Å². The SMILES string of the molecule is C#CCN(C)c1nc(C)nc2cccnc12. The van der Waals surface area contributed by atoms with E-state index in [0.717, 1.165) is 22.7 Å². The smallest absolute Gasteiger partial charge is 0.159 e. The standard InChI is InChI=1S/C12H12N4/c1-4-8-16(3)12-11-10(6-5-7-13-11)14-9(2)15-12/h1,5-7H,8H2,2-3H3. The zero-order valence-corrected chi connectivity index (χ0v) is 9.31. The molecule has 0 unspecified atom stereocenters. The summed E-state index contributed by atoms with van der Waals surface area (Å²) in [5.41, 5.74) is 1.62. The molecule has 0 radical (unpaired) electrons. The molecule has 0 N–H and O–H groups in total. The topological polar surface area (TPSA) is 41.9 Å². The predicted octanol–water partition coefficient (Wildman–Crippen LogP) is 1.40. The van der Waals surface area contributed by atoms with Crippen LogP contribution in [0.4, 0.5) is 5.82 Å². The molecule has 2 aromatic rings. The number of nitrogens with zero attached hydrogens (tertiary/aromatic N) is 4. The van der Waals surface area contributed by atoms with Crippen molar-refractivity contribution in [3.8, 4) is 12.3 Å². The van der Waals surface area contributed by atoms with Gasteiger partial charge in [-0.25, -0.2) is 9.97 Å². The highest BCUT2D eigenvalue weighted by atomic mass is 15.2. The second-order valence-electron chi connectivity index (χ2n) is 3.53. The van der Waals surface area contributed by atoms with Gasteiger partial charge in [-0.2, -0.15) is 0 Å². The molecule has 0 spiro atoms. The molecule has 80 valence electrons. The maximum atomic E-state index is 5.29. The summed E-state index contributed by atoms with van der Waals surface area (Å²) in [6.45, 7) is 2.36. The Hall–Kier alpha value is -2.15. The zero-order valence-electron chi connectivity index (χ0n) is 9.31. The van der Waals surface area contributed by atoms with E-state index >= 15 is 0 Å². The lowest BCUT2D eigenvalue weighted by Gasteiger charge is -2.16. The van der Waals surface area contributed by atoms with Crippen LogP contribution >= 0.6 is 0 Å². The Labute approximate surface area is 94.4 Å². The second-order valence-corrected chi connectivity index (χ2v) is 3.53. The number of aryl methyl sites for hydroxylation is 1. The highest BCUT2D eigenvalue weighted by Gasteiger charge is 2.09. The van der Waals surface area contributed by atoms with Crippen molar-refractivity contribution in [3.63, 3.8) is 0 Å². The van der Waals surface area contributed by atoms with Crippen molar-refractivity contribution >= 4 is 16.9 Å². The first kappa shape index (κ1) is 10.4. The minimum Gasteiger partial charge on any atom is -0.347 e. The molecule has 2 heterocycles. The van der Waals surface area contributed by atoms with E-state index in [1.165, 1.54) is 0 Å². The third-order valence-electron chi connectivity index (χ3n) is 2.24. The minimum absolute atomic E-state index is 0.502. The number of pyridine rings is 1. The average molecular weight is 212 g/mol. The Morgan fingerprint density at radius 3 is 3.00 bits per heavy atom. The number of hydrogen-bond acceptors (Lipinski definition) is 4. The summed E-state index contributed by atoms with van der Waals surface area (Å²) < 4.78 is 0. The molecule has 0 saturated heterocycles. The van der Waals surface area contributed by atoms with Crippen molar-refractivity contribution in [2.45, 2.75) is 6.92 Å². The third kappa shape index (κ3) is 1.80. The number of anilines is 1. The summed E-state index contributed by atoms with van der Waals surface area (Å²) >= 11 is 0. The largest absolute Gasteiger partial charge is 0.347 e.